The molecule has 0 bridgehead atoms. The third-order valence-electron chi connectivity index (χ3n) is 4.36. The first-order valence-corrected chi connectivity index (χ1v) is 8.65. The maximum absolute atomic E-state index is 11.8. The monoisotopic (exact) mass is 332 g/mol. The molecule has 0 atom stereocenters. The van der Waals surface area contributed by atoms with Crippen molar-refractivity contribution in [1.29, 1.82) is 0 Å². The van der Waals surface area contributed by atoms with Gasteiger partial charge in [-0.05, 0) is 36.6 Å². The van der Waals surface area contributed by atoms with Crippen molar-refractivity contribution in [1.82, 2.24) is 9.38 Å². The predicted molar refractivity (Wildman–Crippen MR) is 98.8 cm³/mol. The van der Waals surface area contributed by atoms with Gasteiger partial charge in [-0.15, -0.1) is 11.3 Å². The summed E-state index contributed by atoms with van der Waals surface area (Å²) in [6.45, 7) is 4.20. The Bertz CT molecular complexity index is 1040. The zero-order chi connectivity index (χ0) is 16.7. The second-order valence-electron chi connectivity index (χ2n) is 5.87. The highest BCUT2D eigenvalue weighted by Gasteiger charge is 2.18. The Labute approximate surface area is 144 Å². The molecule has 24 heavy (non-hydrogen) atoms. The quantitative estimate of drug-likeness (QED) is 0.486. The molecule has 0 radical (unpaired) electrons. The number of fused-ring (bicyclic) bond motifs is 1. The molecule has 0 N–H and O–H groups in total. The number of rotatable bonds is 3. The molecule has 0 saturated heterocycles. The van der Waals surface area contributed by atoms with Gasteiger partial charge >= 0.3 is 0 Å². The average Bonchev–Trinajstić information content (AvgIpc) is 3.17. The van der Waals surface area contributed by atoms with Gasteiger partial charge in [0.25, 0.3) is 0 Å². The average molecular weight is 332 g/mol. The van der Waals surface area contributed by atoms with E-state index in [-0.39, 0.29) is 0 Å². The smallest absolute Gasteiger partial charge is 0.195 e. The summed E-state index contributed by atoms with van der Waals surface area (Å²) < 4.78 is 1.96. The lowest BCUT2D eigenvalue weighted by atomic mass is 10.0. The van der Waals surface area contributed by atoms with Gasteiger partial charge in [0.15, 0.2) is 11.2 Å². The summed E-state index contributed by atoms with van der Waals surface area (Å²) in [5.41, 5.74) is 6.91. The zero-order valence-corrected chi connectivity index (χ0v) is 14.3. The fraction of sp³-hybridized carbons (Fsp3) is 0.100. The van der Waals surface area contributed by atoms with Crippen LogP contribution in [0, 0.1) is 13.8 Å². The van der Waals surface area contributed by atoms with Crippen LogP contribution in [0.2, 0.25) is 0 Å². The van der Waals surface area contributed by atoms with Crippen LogP contribution in [0.5, 0.6) is 0 Å². The zero-order valence-electron chi connectivity index (χ0n) is 13.5. The molecule has 2 heterocycles. The first-order valence-electron chi connectivity index (χ1n) is 7.77. The summed E-state index contributed by atoms with van der Waals surface area (Å²) in [5.74, 6) is 0. The Hall–Kier alpha value is -2.72. The van der Waals surface area contributed by atoms with Gasteiger partial charge in [-0.3, -0.25) is 9.20 Å². The minimum atomic E-state index is 0.602. The Balaban J connectivity index is 1.97. The number of aldehydes is 1. The first kappa shape index (κ1) is 14.8. The van der Waals surface area contributed by atoms with E-state index in [9.17, 15) is 4.79 Å². The van der Waals surface area contributed by atoms with Gasteiger partial charge in [-0.2, -0.15) is 0 Å². The number of nitrogens with zero attached hydrogens (tertiary/aromatic N) is 2. The van der Waals surface area contributed by atoms with Crippen LogP contribution in [0.25, 0.3) is 27.5 Å². The van der Waals surface area contributed by atoms with Gasteiger partial charge in [0.2, 0.25) is 0 Å². The molecule has 4 rings (SSSR count). The van der Waals surface area contributed by atoms with Crippen molar-refractivity contribution >= 4 is 22.6 Å². The summed E-state index contributed by atoms with van der Waals surface area (Å²) in [7, 11) is 0. The lowest BCUT2D eigenvalue weighted by molar-refractivity contribution is 0.111. The largest absolute Gasteiger partial charge is 0.296 e. The molecule has 2 aromatic carbocycles. The molecule has 4 aromatic rings. The van der Waals surface area contributed by atoms with E-state index >= 15 is 0 Å². The van der Waals surface area contributed by atoms with E-state index in [4.69, 9.17) is 4.98 Å². The number of carbonyl (C=O) groups excluding carboxylic acids is 1. The molecule has 0 unspecified atom stereocenters. The number of benzene rings is 2. The van der Waals surface area contributed by atoms with Crippen molar-refractivity contribution < 1.29 is 4.79 Å². The molecule has 0 aliphatic carbocycles. The predicted octanol–water partition coefficient (Wildman–Crippen LogP) is 5.16. The lowest BCUT2D eigenvalue weighted by Crippen LogP contribution is -1.94. The molecule has 0 spiro atoms. The Morgan fingerprint density at radius 2 is 1.79 bits per heavy atom. The summed E-state index contributed by atoms with van der Waals surface area (Å²) in [4.78, 5) is 17.3. The Morgan fingerprint density at radius 3 is 2.50 bits per heavy atom. The van der Waals surface area contributed by atoms with Crippen molar-refractivity contribution in [3.05, 3.63) is 70.7 Å². The second kappa shape index (κ2) is 5.73. The van der Waals surface area contributed by atoms with Gasteiger partial charge < -0.3 is 0 Å². The van der Waals surface area contributed by atoms with Crippen LogP contribution < -0.4 is 0 Å². The highest BCUT2D eigenvalue weighted by molar-refractivity contribution is 7.15. The fourth-order valence-corrected chi connectivity index (χ4v) is 3.80. The highest BCUT2D eigenvalue weighted by Crippen LogP contribution is 2.32. The molecular weight excluding hydrogens is 316 g/mol. The summed E-state index contributed by atoms with van der Waals surface area (Å²) >= 11 is 1.56. The molecule has 0 saturated carbocycles. The minimum Gasteiger partial charge on any atom is -0.296 e. The number of carbonyl (C=O) groups is 1. The number of aryl methyl sites for hydroxylation is 2. The van der Waals surface area contributed by atoms with Crippen molar-refractivity contribution in [2.24, 2.45) is 0 Å². The summed E-state index contributed by atoms with van der Waals surface area (Å²) in [5, 5.41) is 2.06. The third kappa shape index (κ3) is 2.27. The van der Waals surface area contributed by atoms with E-state index < -0.39 is 0 Å². The van der Waals surface area contributed by atoms with Crippen LogP contribution in [-0.2, 0) is 0 Å². The Morgan fingerprint density at radius 1 is 1.00 bits per heavy atom. The molecule has 0 amide bonds. The highest BCUT2D eigenvalue weighted by atomic mass is 32.1. The number of thiazole rings is 1. The summed E-state index contributed by atoms with van der Waals surface area (Å²) in [6, 6.07) is 16.2. The van der Waals surface area contributed by atoms with E-state index in [1.54, 1.807) is 11.3 Å². The van der Waals surface area contributed by atoms with E-state index in [2.05, 4.69) is 37.4 Å². The van der Waals surface area contributed by atoms with E-state index in [1.165, 1.54) is 11.1 Å². The first-order chi connectivity index (χ1) is 11.7. The summed E-state index contributed by atoms with van der Waals surface area (Å²) in [6.07, 6.45) is 0.902. The van der Waals surface area contributed by atoms with Gasteiger partial charge in [-0.25, -0.2) is 4.98 Å². The van der Waals surface area contributed by atoms with E-state index in [1.807, 2.05) is 34.7 Å². The van der Waals surface area contributed by atoms with Gasteiger partial charge in [0.05, 0.1) is 5.69 Å². The van der Waals surface area contributed by atoms with E-state index in [0.29, 0.717) is 5.69 Å². The Kier molecular flexibility index (Phi) is 3.54. The number of hydrogen-bond donors (Lipinski definition) is 0. The SMILES string of the molecule is Cc1ccc(-c2csc3nc(-c4ccccc4)c(C=O)n23)cc1C. The third-order valence-corrected chi connectivity index (χ3v) is 5.19. The lowest BCUT2D eigenvalue weighted by Gasteiger charge is -2.06. The van der Waals surface area contributed by atoms with Crippen molar-refractivity contribution in [3.63, 3.8) is 0 Å². The van der Waals surface area contributed by atoms with Crippen molar-refractivity contribution in [2.75, 3.05) is 0 Å². The standard InChI is InChI=1S/C20H16N2OS/c1-13-8-9-16(10-14(13)2)18-12-24-20-21-19(17(11-23)22(18)20)15-6-4-3-5-7-15/h3-12H,1-2H3. The van der Waals surface area contributed by atoms with Crippen molar-refractivity contribution in [2.45, 2.75) is 13.8 Å². The van der Waals surface area contributed by atoms with Crippen LogP contribution in [0.15, 0.2) is 53.9 Å². The minimum absolute atomic E-state index is 0.602. The molecule has 118 valence electrons. The molecule has 2 aromatic heterocycles. The molecule has 0 aliphatic rings. The number of hydrogen-bond acceptors (Lipinski definition) is 3. The number of imidazole rings is 1. The van der Waals surface area contributed by atoms with Crippen molar-refractivity contribution in [3.8, 4) is 22.5 Å². The van der Waals surface area contributed by atoms with Gasteiger partial charge in [0.1, 0.15) is 11.4 Å². The molecule has 0 fully saturated rings. The second-order valence-corrected chi connectivity index (χ2v) is 6.70. The fourth-order valence-electron chi connectivity index (χ4n) is 2.90. The van der Waals surface area contributed by atoms with Crippen LogP contribution in [-0.4, -0.2) is 15.7 Å². The van der Waals surface area contributed by atoms with Gasteiger partial charge in [-0.1, -0.05) is 42.5 Å². The van der Waals surface area contributed by atoms with Crippen LogP contribution >= 0.6 is 11.3 Å². The topological polar surface area (TPSA) is 34.4 Å². The van der Waals surface area contributed by atoms with Crippen LogP contribution in [0.3, 0.4) is 0 Å². The molecular formula is C20H16N2OS. The van der Waals surface area contributed by atoms with Gasteiger partial charge in [0, 0.05) is 10.9 Å². The maximum atomic E-state index is 11.8. The molecule has 0 aliphatic heterocycles. The van der Waals surface area contributed by atoms with Crippen LogP contribution in [0.1, 0.15) is 21.6 Å². The molecule has 4 heteroatoms. The van der Waals surface area contributed by atoms with Crippen LogP contribution in [0.4, 0.5) is 0 Å². The number of aromatic nitrogens is 2. The molecule has 3 nitrogen and oxygen atoms in total. The maximum Gasteiger partial charge on any atom is 0.195 e. The normalized spacial score (nSPS) is 11.1. The van der Waals surface area contributed by atoms with E-state index in [0.717, 1.165) is 33.8 Å².